The molecule has 5 nitrogen and oxygen atoms in total. The van der Waals surface area contributed by atoms with Crippen LogP contribution in [0.3, 0.4) is 0 Å². The number of carbonyl (C=O) groups is 1. The lowest BCUT2D eigenvalue weighted by Crippen LogP contribution is -2.46. The molecule has 0 aromatic heterocycles. The van der Waals surface area contributed by atoms with Crippen LogP contribution < -0.4 is 0 Å². The molecule has 26 heavy (non-hydrogen) atoms. The highest BCUT2D eigenvalue weighted by Gasteiger charge is 2.32. The molecule has 0 N–H and O–H groups in total. The topological polar surface area (TPSA) is 57.7 Å². The molecule has 3 rings (SSSR count). The molecule has 1 unspecified atom stereocenters. The summed E-state index contributed by atoms with van der Waals surface area (Å²) in [5.41, 5.74) is 1.39. The van der Waals surface area contributed by atoms with Crippen LogP contribution in [-0.2, 0) is 21.1 Å². The van der Waals surface area contributed by atoms with Crippen molar-refractivity contribution in [3.63, 3.8) is 0 Å². The van der Waals surface area contributed by atoms with Crippen LogP contribution in [0, 0.1) is 5.92 Å². The van der Waals surface area contributed by atoms with E-state index in [0.717, 1.165) is 32.4 Å². The number of piperidine rings is 1. The van der Waals surface area contributed by atoms with Crippen LogP contribution >= 0.6 is 0 Å². The Labute approximate surface area is 157 Å². The van der Waals surface area contributed by atoms with Crippen LogP contribution in [0.25, 0.3) is 0 Å². The number of aryl methyl sites for hydroxylation is 1. The molecule has 2 saturated heterocycles. The number of hydrogen-bond donors (Lipinski definition) is 0. The van der Waals surface area contributed by atoms with Crippen LogP contribution in [0.15, 0.2) is 30.3 Å². The number of sulfone groups is 1. The molecule has 0 saturated carbocycles. The molecule has 1 aromatic rings. The van der Waals surface area contributed by atoms with Gasteiger partial charge in [-0.1, -0.05) is 30.3 Å². The average Bonchev–Trinajstić information content (AvgIpc) is 3.01. The standard InChI is InChI=1S/C20H30N2O3S/c1-21(19-11-14-26(24,25)16-19)15-20(23)22-12-9-18(10-13-22)8-7-17-5-3-2-4-6-17/h2-6,18-19H,7-16H2,1H3. The fourth-order valence-electron chi connectivity index (χ4n) is 4.05. The Kier molecular flexibility index (Phi) is 6.35. The van der Waals surface area contributed by atoms with Gasteiger partial charge in [-0.25, -0.2) is 8.42 Å². The first-order valence-corrected chi connectivity index (χ1v) is 11.5. The smallest absolute Gasteiger partial charge is 0.236 e. The maximum Gasteiger partial charge on any atom is 0.236 e. The monoisotopic (exact) mass is 378 g/mol. The molecule has 0 bridgehead atoms. The minimum absolute atomic E-state index is 0.00707. The van der Waals surface area contributed by atoms with Gasteiger partial charge in [-0.2, -0.15) is 0 Å². The minimum atomic E-state index is -2.90. The first-order valence-electron chi connectivity index (χ1n) is 9.65. The molecule has 1 aromatic carbocycles. The summed E-state index contributed by atoms with van der Waals surface area (Å²) in [5.74, 6) is 1.27. The van der Waals surface area contributed by atoms with E-state index < -0.39 is 9.84 Å². The molecule has 1 atom stereocenters. The number of likely N-dealkylation sites (tertiary alicyclic amines) is 1. The lowest BCUT2D eigenvalue weighted by atomic mass is 9.90. The number of likely N-dealkylation sites (N-methyl/N-ethyl adjacent to an activating group) is 1. The Morgan fingerprint density at radius 1 is 1.15 bits per heavy atom. The van der Waals surface area contributed by atoms with Gasteiger partial charge in [0.05, 0.1) is 18.1 Å². The summed E-state index contributed by atoms with van der Waals surface area (Å²) in [7, 11) is -1.03. The maximum absolute atomic E-state index is 12.5. The van der Waals surface area contributed by atoms with Crippen LogP contribution in [0.2, 0.25) is 0 Å². The van der Waals surface area contributed by atoms with Crippen molar-refractivity contribution in [3.8, 4) is 0 Å². The molecular weight excluding hydrogens is 348 g/mol. The van der Waals surface area contributed by atoms with Gasteiger partial charge >= 0.3 is 0 Å². The number of benzene rings is 1. The second kappa shape index (κ2) is 8.53. The van der Waals surface area contributed by atoms with Gasteiger partial charge in [0.25, 0.3) is 0 Å². The van der Waals surface area contributed by atoms with Gasteiger partial charge in [-0.05, 0) is 50.6 Å². The van der Waals surface area contributed by atoms with E-state index in [0.29, 0.717) is 18.9 Å². The summed E-state index contributed by atoms with van der Waals surface area (Å²) in [5, 5.41) is 0. The summed E-state index contributed by atoms with van der Waals surface area (Å²) in [6.07, 6.45) is 5.08. The quantitative estimate of drug-likeness (QED) is 0.759. The summed E-state index contributed by atoms with van der Waals surface area (Å²) in [4.78, 5) is 16.4. The number of nitrogens with zero attached hydrogens (tertiary/aromatic N) is 2. The van der Waals surface area contributed by atoms with Crippen molar-refractivity contribution in [3.05, 3.63) is 35.9 Å². The SMILES string of the molecule is CN(CC(=O)N1CCC(CCc2ccccc2)CC1)C1CCS(=O)(=O)C1. The van der Waals surface area contributed by atoms with Gasteiger partial charge in [0.15, 0.2) is 9.84 Å². The molecule has 0 radical (unpaired) electrons. The fourth-order valence-corrected chi connectivity index (χ4v) is 5.86. The Balaban J connectivity index is 1.39. The minimum Gasteiger partial charge on any atom is -0.342 e. The van der Waals surface area contributed by atoms with Crippen molar-refractivity contribution >= 4 is 15.7 Å². The third-order valence-electron chi connectivity index (χ3n) is 5.87. The van der Waals surface area contributed by atoms with Crippen molar-refractivity contribution < 1.29 is 13.2 Å². The third-order valence-corrected chi connectivity index (χ3v) is 7.62. The largest absolute Gasteiger partial charge is 0.342 e. The Morgan fingerprint density at radius 3 is 2.46 bits per heavy atom. The van der Waals surface area contributed by atoms with Crippen LogP contribution in [0.5, 0.6) is 0 Å². The molecule has 0 spiro atoms. The number of hydrogen-bond acceptors (Lipinski definition) is 4. The molecule has 144 valence electrons. The van der Waals surface area contributed by atoms with E-state index in [-0.39, 0.29) is 23.5 Å². The zero-order valence-corrected chi connectivity index (χ0v) is 16.5. The van der Waals surface area contributed by atoms with Crippen LogP contribution in [0.4, 0.5) is 0 Å². The van der Waals surface area contributed by atoms with E-state index in [4.69, 9.17) is 0 Å². The second-order valence-corrected chi connectivity index (χ2v) is 10.0. The van der Waals surface area contributed by atoms with Gasteiger partial charge in [0, 0.05) is 19.1 Å². The normalized spacial score (nSPS) is 23.5. The van der Waals surface area contributed by atoms with E-state index >= 15 is 0 Å². The molecule has 2 fully saturated rings. The zero-order chi connectivity index (χ0) is 18.6. The fraction of sp³-hybridized carbons (Fsp3) is 0.650. The summed E-state index contributed by atoms with van der Waals surface area (Å²) < 4.78 is 23.2. The van der Waals surface area contributed by atoms with Gasteiger partial charge in [0.1, 0.15) is 0 Å². The van der Waals surface area contributed by atoms with Gasteiger partial charge in [0.2, 0.25) is 5.91 Å². The summed E-state index contributed by atoms with van der Waals surface area (Å²) in [6.45, 7) is 1.99. The van der Waals surface area contributed by atoms with Crippen LogP contribution in [0.1, 0.15) is 31.2 Å². The number of rotatable bonds is 6. The lowest BCUT2D eigenvalue weighted by Gasteiger charge is -2.34. The first kappa shape index (κ1) is 19.4. The highest BCUT2D eigenvalue weighted by molar-refractivity contribution is 7.91. The Hall–Kier alpha value is -1.40. The average molecular weight is 379 g/mol. The van der Waals surface area contributed by atoms with E-state index in [9.17, 15) is 13.2 Å². The van der Waals surface area contributed by atoms with Crippen LogP contribution in [-0.4, -0.2) is 68.4 Å². The third kappa shape index (κ3) is 5.30. The highest BCUT2D eigenvalue weighted by atomic mass is 32.2. The van der Waals surface area contributed by atoms with Crippen molar-refractivity contribution in [2.45, 2.75) is 38.1 Å². The first-order chi connectivity index (χ1) is 12.4. The second-order valence-electron chi connectivity index (χ2n) is 7.82. The summed E-state index contributed by atoms with van der Waals surface area (Å²) in [6, 6.07) is 10.6. The Bertz CT molecular complexity index is 697. The van der Waals surface area contributed by atoms with Crippen molar-refractivity contribution in [2.24, 2.45) is 5.92 Å². The van der Waals surface area contributed by atoms with E-state index in [1.54, 1.807) is 0 Å². The molecule has 2 heterocycles. The molecule has 0 aliphatic carbocycles. The van der Waals surface area contributed by atoms with E-state index in [1.165, 1.54) is 12.0 Å². The lowest BCUT2D eigenvalue weighted by molar-refractivity contribution is -0.133. The molecule has 6 heteroatoms. The Morgan fingerprint density at radius 2 is 1.85 bits per heavy atom. The molecular formula is C20H30N2O3S. The molecule has 2 aliphatic heterocycles. The van der Waals surface area contributed by atoms with E-state index in [2.05, 4.69) is 24.3 Å². The maximum atomic E-state index is 12.5. The van der Waals surface area contributed by atoms with Crippen molar-refractivity contribution in [2.75, 3.05) is 38.2 Å². The van der Waals surface area contributed by atoms with Crippen molar-refractivity contribution in [1.82, 2.24) is 9.80 Å². The van der Waals surface area contributed by atoms with Gasteiger partial charge in [-0.15, -0.1) is 0 Å². The van der Waals surface area contributed by atoms with Gasteiger partial charge < -0.3 is 4.90 Å². The van der Waals surface area contributed by atoms with E-state index in [1.807, 2.05) is 22.9 Å². The molecule has 2 aliphatic rings. The summed E-state index contributed by atoms with van der Waals surface area (Å²) >= 11 is 0. The number of amides is 1. The molecule has 1 amide bonds. The van der Waals surface area contributed by atoms with Gasteiger partial charge in [-0.3, -0.25) is 9.69 Å². The number of carbonyl (C=O) groups excluding carboxylic acids is 1. The zero-order valence-electron chi connectivity index (χ0n) is 15.6. The predicted octanol–water partition coefficient (Wildman–Crippen LogP) is 1.98. The van der Waals surface area contributed by atoms with Crippen molar-refractivity contribution in [1.29, 1.82) is 0 Å². The highest BCUT2D eigenvalue weighted by Crippen LogP contribution is 2.23. The predicted molar refractivity (Wildman–Crippen MR) is 104 cm³/mol.